The van der Waals surface area contributed by atoms with Gasteiger partial charge in [-0.3, -0.25) is 9.59 Å². The van der Waals surface area contributed by atoms with Crippen LogP contribution in [0.5, 0.6) is 17.2 Å². The van der Waals surface area contributed by atoms with E-state index in [4.69, 9.17) is 14.2 Å². The number of methoxy groups -OCH3 is 3. The third-order valence-electron chi connectivity index (χ3n) is 7.00. The number of nitrogens with zero attached hydrogens (tertiary/aromatic N) is 2. The van der Waals surface area contributed by atoms with Crippen molar-refractivity contribution >= 4 is 11.8 Å². The highest BCUT2D eigenvalue weighted by Crippen LogP contribution is 2.41. The molecule has 0 N–H and O–H groups in total. The zero-order valence-electron chi connectivity index (χ0n) is 23.4. The fourth-order valence-corrected chi connectivity index (χ4v) is 4.66. The second-order valence-corrected chi connectivity index (χ2v) is 9.45. The molecule has 2 atom stereocenters. The third kappa shape index (κ3) is 6.57. The standard InChI is InChI=1S/C31H40N2O5/c1-7-8-9-10-11-12-13-18-33-22(2)30(34)32(3)26(31(33)35)19-23-14-16-24(17-15-23)25-20-27(36-4)29(38-6)28(21-25)37-5/h10-17,20-22,26H,7-9,18-19H2,1-6H3/b11-10+,13-12+/t22-,26?/m0/s1. The Bertz CT molecular complexity index is 1130. The maximum atomic E-state index is 13.4. The first-order valence-corrected chi connectivity index (χ1v) is 13.1. The zero-order valence-corrected chi connectivity index (χ0v) is 23.4. The van der Waals surface area contributed by atoms with Gasteiger partial charge in [0.25, 0.3) is 0 Å². The van der Waals surface area contributed by atoms with E-state index in [1.165, 1.54) is 6.42 Å². The monoisotopic (exact) mass is 520 g/mol. The summed E-state index contributed by atoms with van der Waals surface area (Å²) in [6, 6.07) is 10.8. The molecule has 1 heterocycles. The molecule has 0 spiro atoms. The normalized spacial score (nSPS) is 18.1. The van der Waals surface area contributed by atoms with Crippen molar-refractivity contribution in [1.82, 2.24) is 9.80 Å². The summed E-state index contributed by atoms with van der Waals surface area (Å²) < 4.78 is 16.4. The average molecular weight is 521 g/mol. The summed E-state index contributed by atoms with van der Waals surface area (Å²) in [6.07, 6.45) is 11.9. The average Bonchev–Trinajstić information content (AvgIpc) is 2.94. The van der Waals surface area contributed by atoms with Gasteiger partial charge in [0.2, 0.25) is 17.6 Å². The van der Waals surface area contributed by atoms with Crippen molar-refractivity contribution in [1.29, 1.82) is 0 Å². The van der Waals surface area contributed by atoms with Crippen LogP contribution in [-0.2, 0) is 16.0 Å². The van der Waals surface area contributed by atoms with Gasteiger partial charge in [-0.25, -0.2) is 0 Å². The molecule has 0 aliphatic carbocycles. The topological polar surface area (TPSA) is 68.3 Å². The summed E-state index contributed by atoms with van der Waals surface area (Å²) in [6.45, 7) is 4.37. The highest BCUT2D eigenvalue weighted by atomic mass is 16.5. The molecule has 0 aromatic heterocycles. The fourth-order valence-electron chi connectivity index (χ4n) is 4.66. The Kier molecular flexibility index (Phi) is 10.4. The summed E-state index contributed by atoms with van der Waals surface area (Å²) in [7, 11) is 6.48. The van der Waals surface area contributed by atoms with Crippen LogP contribution in [0.25, 0.3) is 11.1 Å². The van der Waals surface area contributed by atoms with E-state index in [1.807, 2.05) is 54.6 Å². The Hall–Kier alpha value is -3.74. The largest absolute Gasteiger partial charge is 0.493 e. The molecule has 1 aliphatic rings. The number of benzene rings is 2. The highest BCUT2D eigenvalue weighted by Gasteiger charge is 2.41. The van der Waals surface area contributed by atoms with Gasteiger partial charge < -0.3 is 24.0 Å². The number of piperazine rings is 1. The zero-order chi connectivity index (χ0) is 27.7. The highest BCUT2D eigenvalue weighted by molar-refractivity contribution is 5.97. The van der Waals surface area contributed by atoms with Gasteiger partial charge in [-0.15, -0.1) is 0 Å². The van der Waals surface area contributed by atoms with E-state index in [1.54, 1.807) is 45.1 Å². The van der Waals surface area contributed by atoms with E-state index in [2.05, 4.69) is 13.0 Å². The number of rotatable bonds is 12. The molecule has 2 amide bonds. The molecule has 3 rings (SSSR count). The Balaban J connectivity index is 1.75. The molecule has 0 saturated carbocycles. The molecule has 1 fully saturated rings. The molecule has 0 radical (unpaired) electrons. The minimum Gasteiger partial charge on any atom is -0.493 e. The Labute approximate surface area is 226 Å². The second-order valence-electron chi connectivity index (χ2n) is 9.45. The smallest absolute Gasteiger partial charge is 0.246 e. The van der Waals surface area contributed by atoms with Gasteiger partial charge in [0.1, 0.15) is 12.1 Å². The summed E-state index contributed by atoms with van der Waals surface area (Å²) in [5, 5.41) is 0. The number of unbranched alkanes of at least 4 members (excludes halogenated alkanes) is 2. The van der Waals surface area contributed by atoms with Crippen LogP contribution in [0.2, 0.25) is 0 Å². The number of hydrogen-bond acceptors (Lipinski definition) is 5. The SMILES string of the molecule is CCCC/C=C/C=C/CN1C(=O)C(Cc2ccc(-c3cc(OC)c(OC)c(OC)c3)cc2)N(C)C(=O)[C@@H]1C. The van der Waals surface area contributed by atoms with Gasteiger partial charge in [0.05, 0.1) is 21.3 Å². The van der Waals surface area contributed by atoms with Gasteiger partial charge in [0.15, 0.2) is 11.5 Å². The summed E-state index contributed by atoms with van der Waals surface area (Å²) in [5.41, 5.74) is 2.87. The molecule has 204 valence electrons. The van der Waals surface area contributed by atoms with Crippen LogP contribution in [0.4, 0.5) is 0 Å². The minimum atomic E-state index is -0.542. The van der Waals surface area contributed by atoms with Crippen molar-refractivity contribution in [2.24, 2.45) is 0 Å². The maximum absolute atomic E-state index is 13.4. The Morgan fingerprint density at radius 2 is 1.50 bits per heavy atom. The Morgan fingerprint density at radius 3 is 2.08 bits per heavy atom. The summed E-state index contributed by atoms with van der Waals surface area (Å²) in [5.74, 6) is 1.63. The van der Waals surface area contributed by atoms with Crippen LogP contribution in [-0.4, -0.2) is 68.6 Å². The van der Waals surface area contributed by atoms with Crippen LogP contribution >= 0.6 is 0 Å². The number of hydrogen-bond donors (Lipinski definition) is 0. The first kappa shape index (κ1) is 28.8. The molecule has 2 aromatic carbocycles. The lowest BCUT2D eigenvalue weighted by Gasteiger charge is -2.42. The fraction of sp³-hybridized carbons (Fsp3) is 0.419. The number of carbonyl (C=O) groups is 2. The van der Waals surface area contributed by atoms with Crippen LogP contribution < -0.4 is 14.2 Å². The van der Waals surface area contributed by atoms with E-state index in [9.17, 15) is 9.59 Å². The van der Waals surface area contributed by atoms with Gasteiger partial charge in [0, 0.05) is 20.0 Å². The molecule has 38 heavy (non-hydrogen) atoms. The number of amides is 2. The first-order valence-electron chi connectivity index (χ1n) is 13.1. The number of ether oxygens (including phenoxy) is 3. The van der Waals surface area contributed by atoms with E-state index >= 15 is 0 Å². The number of allylic oxidation sites excluding steroid dienone is 3. The van der Waals surface area contributed by atoms with Crippen molar-refractivity contribution in [2.75, 3.05) is 34.9 Å². The molecule has 1 saturated heterocycles. The molecule has 1 aliphatic heterocycles. The van der Waals surface area contributed by atoms with Crippen LogP contribution in [0.3, 0.4) is 0 Å². The van der Waals surface area contributed by atoms with Gasteiger partial charge in [-0.1, -0.05) is 68.3 Å². The van der Waals surface area contributed by atoms with Gasteiger partial charge >= 0.3 is 0 Å². The van der Waals surface area contributed by atoms with Crippen LogP contribution in [0, 0.1) is 0 Å². The maximum Gasteiger partial charge on any atom is 0.246 e. The van der Waals surface area contributed by atoms with Crippen molar-refractivity contribution in [3.63, 3.8) is 0 Å². The Morgan fingerprint density at radius 1 is 0.868 bits per heavy atom. The second kappa shape index (κ2) is 13.7. The number of likely N-dealkylation sites (N-methyl/N-ethyl adjacent to an activating group) is 1. The molecule has 1 unspecified atom stereocenters. The lowest BCUT2D eigenvalue weighted by molar-refractivity contribution is -0.158. The van der Waals surface area contributed by atoms with Crippen LogP contribution in [0.1, 0.15) is 38.7 Å². The lowest BCUT2D eigenvalue weighted by atomic mass is 9.96. The van der Waals surface area contributed by atoms with E-state index in [-0.39, 0.29) is 11.8 Å². The summed E-state index contributed by atoms with van der Waals surface area (Å²) >= 11 is 0. The number of carbonyl (C=O) groups excluding carboxylic acids is 2. The predicted octanol–water partition coefficient (Wildman–Crippen LogP) is 5.28. The van der Waals surface area contributed by atoms with E-state index in [0.29, 0.717) is 30.2 Å². The molecule has 7 nitrogen and oxygen atoms in total. The van der Waals surface area contributed by atoms with E-state index < -0.39 is 12.1 Å². The van der Waals surface area contributed by atoms with Gasteiger partial charge in [-0.05, 0) is 42.2 Å². The molecular weight excluding hydrogens is 480 g/mol. The molecule has 2 aromatic rings. The van der Waals surface area contributed by atoms with Crippen LogP contribution in [0.15, 0.2) is 60.7 Å². The third-order valence-corrected chi connectivity index (χ3v) is 7.00. The predicted molar refractivity (Wildman–Crippen MR) is 151 cm³/mol. The minimum absolute atomic E-state index is 0.0343. The first-order chi connectivity index (χ1) is 18.4. The van der Waals surface area contributed by atoms with Crippen molar-refractivity contribution < 1.29 is 23.8 Å². The van der Waals surface area contributed by atoms with E-state index in [0.717, 1.165) is 29.5 Å². The summed E-state index contributed by atoms with van der Waals surface area (Å²) in [4.78, 5) is 29.7. The van der Waals surface area contributed by atoms with Crippen molar-refractivity contribution in [2.45, 2.75) is 51.6 Å². The molecule has 0 bridgehead atoms. The van der Waals surface area contributed by atoms with Crippen molar-refractivity contribution in [3.8, 4) is 28.4 Å². The van der Waals surface area contributed by atoms with Crippen molar-refractivity contribution in [3.05, 3.63) is 66.3 Å². The molecule has 7 heteroatoms. The van der Waals surface area contributed by atoms with Gasteiger partial charge in [-0.2, -0.15) is 0 Å². The lowest BCUT2D eigenvalue weighted by Crippen LogP contribution is -2.63. The molecular formula is C31H40N2O5. The quantitative estimate of drug-likeness (QED) is 0.281.